The van der Waals surface area contributed by atoms with Crippen LogP contribution in [0.1, 0.15) is 20.3 Å². The average molecular weight is 295 g/mol. The van der Waals surface area contributed by atoms with Gasteiger partial charge in [0.25, 0.3) is 5.69 Å². The van der Waals surface area contributed by atoms with Gasteiger partial charge in [0.2, 0.25) is 5.91 Å². The predicted molar refractivity (Wildman–Crippen MR) is 80.1 cm³/mol. The van der Waals surface area contributed by atoms with Crippen LogP contribution in [0.25, 0.3) is 0 Å². The average Bonchev–Trinajstić information content (AvgIpc) is 2.44. The van der Waals surface area contributed by atoms with Gasteiger partial charge in [-0.1, -0.05) is 6.07 Å². The van der Waals surface area contributed by atoms with Crippen LogP contribution in [0, 0.1) is 10.1 Å². The number of non-ortho nitro benzene ring substituents is 1. The molecule has 0 aliphatic heterocycles. The summed E-state index contributed by atoms with van der Waals surface area (Å²) in [4.78, 5) is 24.1. The van der Waals surface area contributed by atoms with Gasteiger partial charge >= 0.3 is 0 Å². The van der Waals surface area contributed by atoms with Gasteiger partial charge in [-0.3, -0.25) is 19.8 Å². The van der Waals surface area contributed by atoms with Gasteiger partial charge in [-0.05, 0) is 33.4 Å². The first-order chi connectivity index (χ1) is 9.81. The van der Waals surface area contributed by atoms with Crippen molar-refractivity contribution >= 4 is 17.3 Å². The second kappa shape index (κ2) is 7.70. The first-order valence-electron chi connectivity index (χ1n) is 6.75. The lowest BCUT2D eigenvalue weighted by Gasteiger charge is -2.24. The Balaban J connectivity index is 2.63. The summed E-state index contributed by atoms with van der Waals surface area (Å²) in [6.07, 6.45) is 0.157. The van der Waals surface area contributed by atoms with E-state index in [1.54, 1.807) is 27.0 Å². The van der Waals surface area contributed by atoms with Gasteiger partial charge in [-0.15, -0.1) is 0 Å². The van der Waals surface area contributed by atoms with Crippen molar-refractivity contribution < 1.29 is 14.8 Å². The molecule has 0 saturated heterocycles. The Kier molecular flexibility index (Phi) is 6.26. The van der Waals surface area contributed by atoms with Crippen molar-refractivity contribution in [1.29, 1.82) is 0 Å². The zero-order valence-electron chi connectivity index (χ0n) is 12.4. The van der Waals surface area contributed by atoms with Crippen molar-refractivity contribution in [2.45, 2.75) is 32.4 Å². The predicted octanol–water partition coefficient (Wildman–Crippen LogP) is 1.62. The normalized spacial score (nSPS) is 13.8. The third-order valence-corrected chi connectivity index (χ3v) is 3.26. The molecule has 7 nitrogen and oxygen atoms in total. The number of hydrogen-bond donors (Lipinski definition) is 2. The fourth-order valence-corrected chi connectivity index (χ4v) is 1.73. The van der Waals surface area contributed by atoms with E-state index >= 15 is 0 Å². The lowest BCUT2D eigenvalue weighted by molar-refractivity contribution is -0.384. The number of carbonyl (C=O) groups is 1. The Bertz CT molecular complexity index is 505. The molecule has 0 fully saturated rings. The number of carbonyl (C=O) groups excluding carboxylic acids is 1. The Morgan fingerprint density at radius 2 is 2.14 bits per heavy atom. The minimum absolute atomic E-state index is 0.0667. The molecule has 0 bridgehead atoms. The summed E-state index contributed by atoms with van der Waals surface area (Å²) in [5, 5.41) is 22.6. The largest absolute Gasteiger partial charge is 0.393 e. The molecule has 0 aliphatic carbocycles. The zero-order chi connectivity index (χ0) is 16.0. The molecule has 21 heavy (non-hydrogen) atoms. The molecule has 1 rings (SSSR count). The molecule has 0 aliphatic rings. The van der Waals surface area contributed by atoms with E-state index in [4.69, 9.17) is 0 Å². The first-order valence-corrected chi connectivity index (χ1v) is 6.75. The number of likely N-dealkylation sites (N-methyl/N-ethyl adjacent to an activating group) is 1. The number of benzene rings is 1. The number of hydrogen-bond acceptors (Lipinski definition) is 5. The van der Waals surface area contributed by atoms with E-state index in [1.165, 1.54) is 18.2 Å². The van der Waals surface area contributed by atoms with E-state index in [9.17, 15) is 20.0 Å². The molecule has 0 aromatic heterocycles. The van der Waals surface area contributed by atoms with E-state index in [2.05, 4.69) is 5.32 Å². The van der Waals surface area contributed by atoms with E-state index in [1.807, 2.05) is 4.90 Å². The topological polar surface area (TPSA) is 95.7 Å². The van der Waals surface area contributed by atoms with Crippen LogP contribution in [0.5, 0.6) is 0 Å². The van der Waals surface area contributed by atoms with Crippen LogP contribution >= 0.6 is 0 Å². The number of aliphatic hydroxyl groups excluding tert-OH is 1. The fraction of sp³-hybridized carbons (Fsp3) is 0.500. The zero-order valence-corrected chi connectivity index (χ0v) is 12.4. The number of anilines is 1. The molecule has 0 heterocycles. The van der Waals surface area contributed by atoms with Crippen molar-refractivity contribution in [2.75, 3.05) is 18.9 Å². The van der Waals surface area contributed by atoms with Crippen LogP contribution in [0.2, 0.25) is 0 Å². The minimum atomic E-state index is -0.506. The monoisotopic (exact) mass is 295 g/mol. The molecular weight excluding hydrogens is 274 g/mol. The Labute approximate surface area is 123 Å². The maximum Gasteiger partial charge on any atom is 0.271 e. The van der Waals surface area contributed by atoms with E-state index in [-0.39, 0.29) is 11.6 Å². The van der Waals surface area contributed by atoms with E-state index < -0.39 is 17.1 Å². The molecule has 1 aromatic carbocycles. The molecule has 0 spiro atoms. The Hall–Kier alpha value is -1.99. The maximum absolute atomic E-state index is 12.1. The van der Waals surface area contributed by atoms with Gasteiger partial charge in [-0.25, -0.2) is 0 Å². The lowest BCUT2D eigenvalue weighted by Crippen LogP contribution is -2.40. The van der Waals surface area contributed by atoms with E-state index in [0.29, 0.717) is 18.7 Å². The van der Waals surface area contributed by atoms with Crippen molar-refractivity contribution in [3.05, 3.63) is 34.4 Å². The second-order valence-corrected chi connectivity index (χ2v) is 5.09. The highest BCUT2D eigenvalue weighted by molar-refractivity contribution is 5.94. The van der Waals surface area contributed by atoms with E-state index in [0.717, 1.165) is 0 Å². The van der Waals surface area contributed by atoms with Crippen molar-refractivity contribution in [2.24, 2.45) is 0 Å². The van der Waals surface area contributed by atoms with Gasteiger partial charge in [-0.2, -0.15) is 0 Å². The fourth-order valence-electron chi connectivity index (χ4n) is 1.73. The summed E-state index contributed by atoms with van der Waals surface area (Å²) in [6, 6.07) is 5.42. The molecule has 2 atom stereocenters. The summed E-state index contributed by atoms with van der Waals surface area (Å²) >= 11 is 0. The molecule has 1 aromatic rings. The van der Waals surface area contributed by atoms with Crippen molar-refractivity contribution in [1.82, 2.24) is 4.90 Å². The lowest BCUT2D eigenvalue weighted by atomic mass is 10.2. The van der Waals surface area contributed by atoms with Crippen molar-refractivity contribution in [3.63, 3.8) is 0 Å². The molecule has 2 N–H and O–H groups in total. The Morgan fingerprint density at radius 3 is 2.71 bits per heavy atom. The number of nitro groups is 1. The summed E-state index contributed by atoms with van der Waals surface area (Å²) in [5.41, 5.74) is 0.327. The molecular formula is C14H21N3O4. The number of aliphatic hydroxyl groups is 1. The Morgan fingerprint density at radius 1 is 1.48 bits per heavy atom. The molecule has 0 saturated carbocycles. The van der Waals surface area contributed by atoms with Gasteiger partial charge in [0.15, 0.2) is 0 Å². The van der Waals surface area contributed by atoms with Gasteiger partial charge in [0.05, 0.1) is 17.1 Å². The van der Waals surface area contributed by atoms with Crippen LogP contribution in [-0.4, -0.2) is 46.6 Å². The molecule has 7 heteroatoms. The number of nitrogens with one attached hydrogen (secondary N) is 1. The molecule has 116 valence electrons. The molecule has 1 amide bonds. The number of nitro benzene ring substituents is 1. The van der Waals surface area contributed by atoms with Crippen LogP contribution < -0.4 is 5.32 Å². The highest BCUT2D eigenvalue weighted by Gasteiger charge is 2.19. The van der Waals surface area contributed by atoms with Gasteiger partial charge in [0.1, 0.15) is 0 Å². The number of rotatable bonds is 7. The first kappa shape index (κ1) is 17.1. The summed E-state index contributed by atoms with van der Waals surface area (Å²) in [5.74, 6) is -0.247. The SMILES string of the molecule is CC(O)CCN(C)C(C)C(=O)Nc1cccc([N+](=O)[O-])c1. The second-order valence-electron chi connectivity index (χ2n) is 5.09. The summed E-state index contributed by atoms with van der Waals surface area (Å²) in [6.45, 7) is 4.03. The molecule has 2 unspecified atom stereocenters. The maximum atomic E-state index is 12.1. The smallest absolute Gasteiger partial charge is 0.271 e. The summed E-state index contributed by atoms with van der Waals surface area (Å²) < 4.78 is 0. The summed E-state index contributed by atoms with van der Waals surface area (Å²) in [7, 11) is 1.79. The van der Waals surface area contributed by atoms with Gasteiger partial charge in [0, 0.05) is 24.4 Å². The van der Waals surface area contributed by atoms with Gasteiger partial charge < -0.3 is 10.4 Å². The van der Waals surface area contributed by atoms with Crippen LogP contribution in [0.3, 0.4) is 0 Å². The van der Waals surface area contributed by atoms with Crippen LogP contribution in [0.4, 0.5) is 11.4 Å². The van der Waals surface area contributed by atoms with Crippen molar-refractivity contribution in [3.8, 4) is 0 Å². The molecule has 0 radical (unpaired) electrons. The number of amides is 1. The third kappa shape index (κ3) is 5.49. The van der Waals surface area contributed by atoms with Crippen LogP contribution in [0.15, 0.2) is 24.3 Å². The quantitative estimate of drug-likeness (QED) is 0.588. The third-order valence-electron chi connectivity index (χ3n) is 3.26. The highest BCUT2D eigenvalue weighted by atomic mass is 16.6. The number of nitrogens with zero attached hydrogens (tertiary/aromatic N) is 2. The van der Waals surface area contributed by atoms with Crippen LogP contribution in [-0.2, 0) is 4.79 Å². The highest BCUT2D eigenvalue weighted by Crippen LogP contribution is 2.17. The standard InChI is InChI=1S/C14H21N3O4/c1-10(18)7-8-16(3)11(2)14(19)15-12-5-4-6-13(9-12)17(20)21/h4-6,9-11,18H,7-8H2,1-3H3,(H,15,19). The minimum Gasteiger partial charge on any atom is -0.393 e.